The first-order chi connectivity index (χ1) is 15.1. The van der Waals surface area contributed by atoms with Gasteiger partial charge in [0.05, 0.1) is 18.3 Å². The van der Waals surface area contributed by atoms with E-state index in [0.29, 0.717) is 31.7 Å². The third kappa shape index (κ3) is 4.00. The summed E-state index contributed by atoms with van der Waals surface area (Å²) in [5.41, 5.74) is 2.00. The van der Waals surface area contributed by atoms with Crippen LogP contribution in [0.2, 0.25) is 0 Å². The molecule has 0 saturated carbocycles. The van der Waals surface area contributed by atoms with E-state index < -0.39 is 0 Å². The molecule has 0 spiro atoms. The van der Waals surface area contributed by atoms with E-state index in [1.54, 1.807) is 39.7 Å². The quantitative estimate of drug-likeness (QED) is 0.487. The van der Waals surface area contributed by atoms with Crippen molar-refractivity contribution in [1.29, 1.82) is 0 Å². The molecule has 5 rings (SSSR count). The van der Waals surface area contributed by atoms with E-state index in [-0.39, 0.29) is 24.0 Å². The summed E-state index contributed by atoms with van der Waals surface area (Å²) in [5, 5.41) is 5.46. The summed E-state index contributed by atoms with van der Waals surface area (Å²) in [6.45, 7) is 2.45. The molecule has 0 radical (unpaired) electrons. The summed E-state index contributed by atoms with van der Waals surface area (Å²) in [6.07, 6.45) is 1.90. The second-order valence-corrected chi connectivity index (χ2v) is 8.32. The smallest absolute Gasteiger partial charge is 0.227 e. The average molecular weight is 439 g/mol. The molecular formula is C22H19F2N5OS. The Labute approximate surface area is 181 Å². The summed E-state index contributed by atoms with van der Waals surface area (Å²) in [4.78, 5) is 21.8. The van der Waals surface area contributed by atoms with Crippen LogP contribution in [0, 0.1) is 11.6 Å². The lowest BCUT2D eigenvalue weighted by Gasteiger charge is -2.34. The summed E-state index contributed by atoms with van der Waals surface area (Å²) < 4.78 is 28.7. The van der Waals surface area contributed by atoms with Gasteiger partial charge >= 0.3 is 0 Å². The minimum Gasteiger partial charge on any atom is -0.343 e. The fourth-order valence-electron chi connectivity index (χ4n) is 3.64. The first-order valence-electron chi connectivity index (χ1n) is 9.95. The molecule has 0 unspecified atom stereocenters. The van der Waals surface area contributed by atoms with Crippen molar-refractivity contribution in [2.24, 2.45) is 0 Å². The molecule has 2 aromatic carbocycles. The molecule has 6 nitrogen and oxygen atoms in total. The lowest BCUT2D eigenvalue weighted by molar-refractivity contribution is -0.130. The van der Waals surface area contributed by atoms with Gasteiger partial charge in [0, 0.05) is 31.7 Å². The van der Waals surface area contributed by atoms with E-state index in [1.165, 1.54) is 29.5 Å². The van der Waals surface area contributed by atoms with Crippen LogP contribution in [-0.2, 0) is 11.2 Å². The second kappa shape index (κ2) is 8.07. The van der Waals surface area contributed by atoms with E-state index >= 15 is 0 Å². The zero-order valence-electron chi connectivity index (χ0n) is 16.5. The number of piperazine rings is 1. The van der Waals surface area contributed by atoms with Gasteiger partial charge in [0.15, 0.2) is 0 Å². The molecule has 0 N–H and O–H groups in total. The highest BCUT2D eigenvalue weighted by Crippen LogP contribution is 2.27. The summed E-state index contributed by atoms with van der Waals surface area (Å²) in [6, 6.07) is 12.6. The number of carbonyl (C=O) groups is 1. The number of halogens is 2. The fourth-order valence-corrected chi connectivity index (χ4v) is 4.58. The van der Waals surface area contributed by atoms with Gasteiger partial charge in [0.2, 0.25) is 16.0 Å². The summed E-state index contributed by atoms with van der Waals surface area (Å²) in [7, 11) is 0. The van der Waals surface area contributed by atoms with Crippen molar-refractivity contribution in [2.45, 2.75) is 6.42 Å². The predicted octanol–water partition coefficient (Wildman–Crippen LogP) is 3.63. The number of aromatic nitrogens is 3. The number of amides is 1. The largest absolute Gasteiger partial charge is 0.343 e. The van der Waals surface area contributed by atoms with E-state index in [0.717, 1.165) is 21.3 Å². The van der Waals surface area contributed by atoms with Crippen LogP contribution < -0.4 is 4.90 Å². The Morgan fingerprint density at radius 1 is 1.00 bits per heavy atom. The summed E-state index contributed by atoms with van der Waals surface area (Å²) in [5.74, 6) is -0.694. The standard InChI is InChI=1S/C22H19F2N5OS/c23-17-7-5-15(6-8-17)19-14-29-21(25-19)31-22(26-29)28-11-9-27(10-12-28)20(30)13-16-3-1-2-4-18(16)24/h1-8,14H,9-13H2. The Bertz CT molecular complexity index is 1200. The Kier molecular flexibility index (Phi) is 5.11. The van der Waals surface area contributed by atoms with Gasteiger partial charge in [0.1, 0.15) is 11.6 Å². The topological polar surface area (TPSA) is 53.7 Å². The Morgan fingerprint density at radius 2 is 1.74 bits per heavy atom. The fraction of sp³-hybridized carbons (Fsp3) is 0.227. The molecule has 2 aromatic heterocycles. The lowest BCUT2D eigenvalue weighted by atomic mass is 10.1. The number of carbonyl (C=O) groups excluding carboxylic acids is 1. The normalized spacial score (nSPS) is 14.4. The lowest BCUT2D eigenvalue weighted by Crippen LogP contribution is -2.49. The van der Waals surface area contributed by atoms with Crippen molar-refractivity contribution >= 4 is 27.3 Å². The van der Waals surface area contributed by atoms with Gasteiger partial charge in [0.25, 0.3) is 0 Å². The molecule has 1 aliphatic rings. The molecule has 1 saturated heterocycles. The molecule has 158 valence electrons. The maximum atomic E-state index is 13.8. The molecule has 1 fully saturated rings. The molecule has 0 atom stereocenters. The van der Waals surface area contributed by atoms with Crippen LogP contribution in [-0.4, -0.2) is 51.6 Å². The maximum absolute atomic E-state index is 13.8. The van der Waals surface area contributed by atoms with Crippen molar-refractivity contribution in [3.8, 4) is 11.3 Å². The van der Waals surface area contributed by atoms with Crippen LogP contribution in [0.5, 0.6) is 0 Å². The number of rotatable bonds is 4. The average Bonchev–Trinajstić information content (AvgIpc) is 3.35. The van der Waals surface area contributed by atoms with Crippen LogP contribution >= 0.6 is 11.3 Å². The zero-order chi connectivity index (χ0) is 21.4. The van der Waals surface area contributed by atoms with Crippen molar-refractivity contribution in [3.05, 3.63) is 71.9 Å². The Balaban J connectivity index is 1.23. The van der Waals surface area contributed by atoms with E-state index in [1.807, 2.05) is 6.20 Å². The minimum atomic E-state index is -0.347. The van der Waals surface area contributed by atoms with Crippen LogP contribution in [0.25, 0.3) is 16.2 Å². The van der Waals surface area contributed by atoms with Crippen molar-refractivity contribution in [2.75, 3.05) is 31.1 Å². The second-order valence-electron chi connectivity index (χ2n) is 7.38. The van der Waals surface area contributed by atoms with E-state index in [4.69, 9.17) is 0 Å². The van der Waals surface area contributed by atoms with Gasteiger partial charge in [-0.05, 0) is 35.9 Å². The zero-order valence-corrected chi connectivity index (χ0v) is 17.4. The maximum Gasteiger partial charge on any atom is 0.227 e. The highest BCUT2D eigenvalue weighted by atomic mass is 32.1. The van der Waals surface area contributed by atoms with Gasteiger partial charge in [-0.3, -0.25) is 4.79 Å². The first-order valence-corrected chi connectivity index (χ1v) is 10.8. The molecular weight excluding hydrogens is 420 g/mol. The van der Waals surface area contributed by atoms with Crippen LogP contribution in [0.4, 0.5) is 13.9 Å². The van der Waals surface area contributed by atoms with Crippen LogP contribution in [0.15, 0.2) is 54.7 Å². The molecule has 9 heteroatoms. The number of nitrogens with zero attached hydrogens (tertiary/aromatic N) is 5. The molecule has 1 amide bonds. The predicted molar refractivity (Wildman–Crippen MR) is 115 cm³/mol. The summed E-state index contributed by atoms with van der Waals surface area (Å²) >= 11 is 1.48. The number of anilines is 1. The molecule has 31 heavy (non-hydrogen) atoms. The van der Waals surface area contributed by atoms with Crippen molar-refractivity contribution in [1.82, 2.24) is 19.5 Å². The highest BCUT2D eigenvalue weighted by Gasteiger charge is 2.24. The van der Waals surface area contributed by atoms with Crippen LogP contribution in [0.3, 0.4) is 0 Å². The van der Waals surface area contributed by atoms with Crippen LogP contribution in [0.1, 0.15) is 5.56 Å². The molecule has 4 aromatic rings. The molecule has 3 heterocycles. The van der Waals surface area contributed by atoms with E-state index in [9.17, 15) is 13.6 Å². The van der Waals surface area contributed by atoms with Gasteiger partial charge in [-0.2, -0.15) is 0 Å². The Morgan fingerprint density at radius 3 is 2.45 bits per heavy atom. The molecule has 1 aliphatic heterocycles. The highest BCUT2D eigenvalue weighted by molar-refractivity contribution is 7.20. The molecule has 0 bridgehead atoms. The third-order valence-corrected chi connectivity index (χ3v) is 6.36. The minimum absolute atomic E-state index is 0.0670. The Hall–Kier alpha value is -3.33. The van der Waals surface area contributed by atoms with Gasteiger partial charge in [-0.15, -0.1) is 5.10 Å². The van der Waals surface area contributed by atoms with E-state index in [2.05, 4.69) is 15.0 Å². The number of hydrogen-bond donors (Lipinski definition) is 0. The monoisotopic (exact) mass is 439 g/mol. The number of hydrogen-bond acceptors (Lipinski definition) is 5. The van der Waals surface area contributed by atoms with Gasteiger partial charge < -0.3 is 9.80 Å². The third-order valence-electron chi connectivity index (χ3n) is 5.37. The number of imidazole rings is 1. The first kappa shape index (κ1) is 19.6. The SMILES string of the molecule is O=C(Cc1ccccc1F)N1CCN(c2nn3cc(-c4ccc(F)cc4)nc3s2)CC1. The number of fused-ring (bicyclic) bond motifs is 1. The van der Waals surface area contributed by atoms with Gasteiger partial charge in [-0.25, -0.2) is 18.3 Å². The molecule has 0 aliphatic carbocycles. The van der Waals surface area contributed by atoms with Crippen molar-refractivity contribution < 1.29 is 13.6 Å². The number of benzene rings is 2. The van der Waals surface area contributed by atoms with Gasteiger partial charge in [-0.1, -0.05) is 29.5 Å². The van der Waals surface area contributed by atoms with Crippen molar-refractivity contribution in [3.63, 3.8) is 0 Å².